The number of hydrogen-bond donors (Lipinski definition) is 2. The average molecular weight is 439 g/mol. The van der Waals surface area contributed by atoms with Gasteiger partial charge in [-0.25, -0.2) is 17.9 Å². The van der Waals surface area contributed by atoms with Crippen LogP contribution in [0.3, 0.4) is 0 Å². The highest BCUT2D eigenvalue weighted by atomic mass is 32.2. The minimum Gasteiger partial charge on any atom is -0.444 e. The molecule has 2 N–H and O–H groups in total. The summed E-state index contributed by atoms with van der Waals surface area (Å²) in [6.07, 6.45) is -1.22. The lowest BCUT2D eigenvalue weighted by Gasteiger charge is -2.18. The number of sulfonamides is 1. The van der Waals surface area contributed by atoms with E-state index in [1.165, 1.54) is 31.3 Å². The first-order chi connectivity index (χ1) is 14.8. The normalized spacial score (nSPS) is 12.1. The Kier molecular flexibility index (Phi) is 6.84. The van der Waals surface area contributed by atoms with Crippen molar-refractivity contribution in [2.45, 2.75) is 17.9 Å². The quantitative estimate of drug-likeness (QED) is 0.550. The van der Waals surface area contributed by atoms with Crippen LogP contribution in [0.25, 0.3) is 0 Å². The van der Waals surface area contributed by atoms with E-state index in [-0.39, 0.29) is 10.5 Å². The van der Waals surface area contributed by atoms with Crippen LogP contribution in [0.2, 0.25) is 0 Å². The SMILES string of the molecule is CNS(=O)(=O)c1cccc(C(=O)O[C@H](C(=O)Nc2ccc(C)cc2)c2ccccc2)c1. The van der Waals surface area contributed by atoms with Crippen LogP contribution in [0.15, 0.2) is 83.8 Å². The van der Waals surface area contributed by atoms with Gasteiger partial charge in [0.25, 0.3) is 5.91 Å². The molecular weight excluding hydrogens is 416 g/mol. The fraction of sp³-hybridized carbons (Fsp3) is 0.130. The van der Waals surface area contributed by atoms with Crippen LogP contribution in [0.1, 0.15) is 27.6 Å². The predicted octanol–water partition coefficient (Wildman–Crippen LogP) is 3.44. The summed E-state index contributed by atoms with van der Waals surface area (Å²) in [6.45, 7) is 1.93. The van der Waals surface area contributed by atoms with Crippen molar-refractivity contribution in [3.8, 4) is 0 Å². The Hall–Kier alpha value is -3.49. The summed E-state index contributed by atoms with van der Waals surface area (Å²) in [4.78, 5) is 25.6. The number of ether oxygens (including phenoxy) is 1. The van der Waals surface area contributed by atoms with Gasteiger partial charge in [-0.3, -0.25) is 4.79 Å². The first kappa shape index (κ1) is 22.2. The van der Waals surface area contributed by atoms with E-state index in [9.17, 15) is 18.0 Å². The van der Waals surface area contributed by atoms with E-state index in [4.69, 9.17) is 4.74 Å². The predicted molar refractivity (Wildman–Crippen MR) is 117 cm³/mol. The zero-order chi connectivity index (χ0) is 22.4. The summed E-state index contributed by atoms with van der Waals surface area (Å²) in [5, 5.41) is 2.75. The molecule has 1 atom stereocenters. The molecular formula is C23H22N2O5S. The van der Waals surface area contributed by atoms with Crippen LogP contribution in [0.5, 0.6) is 0 Å². The van der Waals surface area contributed by atoms with E-state index in [0.29, 0.717) is 11.3 Å². The van der Waals surface area contributed by atoms with Gasteiger partial charge >= 0.3 is 5.97 Å². The molecule has 0 saturated heterocycles. The van der Waals surface area contributed by atoms with Crippen molar-refractivity contribution in [2.75, 3.05) is 12.4 Å². The summed E-state index contributed by atoms with van der Waals surface area (Å²) < 4.78 is 31.8. The van der Waals surface area contributed by atoms with E-state index in [0.717, 1.165) is 5.56 Å². The molecule has 3 aromatic rings. The molecule has 0 unspecified atom stereocenters. The summed E-state index contributed by atoms with van der Waals surface area (Å²) in [5.41, 5.74) is 2.11. The van der Waals surface area contributed by atoms with Gasteiger partial charge < -0.3 is 10.1 Å². The van der Waals surface area contributed by atoms with Gasteiger partial charge in [-0.15, -0.1) is 0 Å². The number of amides is 1. The largest absolute Gasteiger partial charge is 0.444 e. The maximum atomic E-state index is 12.9. The number of benzene rings is 3. The van der Waals surface area contributed by atoms with Gasteiger partial charge in [0.15, 0.2) is 0 Å². The van der Waals surface area contributed by atoms with Crippen LogP contribution in [-0.2, 0) is 19.6 Å². The molecule has 0 aliphatic rings. The topological polar surface area (TPSA) is 102 Å². The first-order valence-electron chi connectivity index (χ1n) is 9.47. The lowest BCUT2D eigenvalue weighted by Crippen LogP contribution is -2.26. The highest BCUT2D eigenvalue weighted by molar-refractivity contribution is 7.89. The van der Waals surface area contributed by atoms with Crippen LogP contribution in [0.4, 0.5) is 5.69 Å². The van der Waals surface area contributed by atoms with Gasteiger partial charge in [0.05, 0.1) is 10.5 Å². The first-order valence-corrected chi connectivity index (χ1v) is 11.0. The Morgan fingerprint density at radius 3 is 2.23 bits per heavy atom. The highest BCUT2D eigenvalue weighted by Crippen LogP contribution is 2.23. The second kappa shape index (κ2) is 9.55. The number of anilines is 1. The van der Waals surface area contributed by atoms with Gasteiger partial charge in [-0.05, 0) is 44.3 Å². The van der Waals surface area contributed by atoms with E-state index >= 15 is 0 Å². The lowest BCUT2D eigenvalue weighted by molar-refractivity contribution is -0.125. The molecule has 0 saturated carbocycles. The molecule has 0 heterocycles. The maximum absolute atomic E-state index is 12.9. The zero-order valence-corrected chi connectivity index (χ0v) is 17.8. The average Bonchev–Trinajstić information content (AvgIpc) is 2.79. The molecule has 8 heteroatoms. The number of carbonyl (C=O) groups is 2. The summed E-state index contributed by atoms with van der Waals surface area (Å²) in [5.74, 6) is -1.34. The van der Waals surface area contributed by atoms with Crippen molar-refractivity contribution in [2.24, 2.45) is 0 Å². The fourth-order valence-corrected chi connectivity index (χ4v) is 3.60. The third-order valence-corrected chi connectivity index (χ3v) is 5.95. The lowest BCUT2D eigenvalue weighted by atomic mass is 10.1. The second-order valence-electron chi connectivity index (χ2n) is 6.79. The molecule has 0 bridgehead atoms. The number of rotatable bonds is 7. The van der Waals surface area contributed by atoms with Crippen molar-refractivity contribution in [3.05, 3.63) is 95.6 Å². The number of esters is 1. The van der Waals surface area contributed by atoms with Crippen LogP contribution in [-0.4, -0.2) is 27.3 Å². The zero-order valence-electron chi connectivity index (χ0n) is 17.0. The molecule has 0 aliphatic carbocycles. The van der Waals surface area contributed by atoms with Crippen molar-refractivity contribution in [1.82, 2.24) is 4.72 Å². The van der Waals surface area contributed by atoms with Crippen LogP contribution in [0, 0.1) is 6.92 Å². The van der Waals surface area contributed by atoms with Gasteiger partial charge in [0.1, 0.15) is 0 Å². The van der Waals surface area contributed by atoms with Crippen LogP contribution < -0.4 is 10.0 Å². The molecule has 7 nitrogen and oxygen atoms in total. The summed E-state index contributed by atoms with van der Waals surface area (Å²) in [6, 6.07) is 21.2. The summed E-state index contributed by atoms with van der Waals surface area (Å²) in [7, 11) is -2.45. The second-order valence-corrected chi connectivity index (χ2v) is 8.67. The number of hydrogen-bond acceptors (Lipinski definition) is 5. The standard InChI is InChI=1S/C23H22N2O5S/c1-16-11-13-19(14-12-16)25-22(26)21(17-7-4-3-5-8-17)30-23(27)18-9-6-10-20(15-18)31(28,29)24-2/h3-15,21,24H,1-2H3,(H,25,26)/t21-/m0/s1. The fourth-order valence-electron chi connectivity index (χ4n) is 2.83. The number of carbonyl (C=O) groups excluding carboxylic acids is 2. The van der Waals surface area contributed by atoms with E-state index in [1.807, 2.05) is 19.1 Å². The Bertz CT molecular complexity index is 1180. The molecule has 0 aliphatic heterocycles. The van der Waals surface area contributed by atoms with Gasteiger partial charge in [0.2, 0.25) is 16.1 Å². The van der Waals surface area contributed by atoms with Crippen molar-refractivity contribution >= 4 is 27.6 Å². The Morgan fingerprint density at radius 1 is 0.903 bits per heavy atom. The molecule has 0 fully saturated rings. The summed E-state index contributed by atoms with van der Waals surface area (Å²) >= 11 is 0. The van der Waals surface area contributed by atoms with Gasteiger partial charge in [0, 0.05) is 11.3 Å². The molecule has 0 radical (unpaired) electrons. The number of nitrogens with one attached hydrogen (secondary N) is 2. The smallest absolute Gasteiger partial charge is 0.339 e. The van der Waals surface area contributed by atoms with Gasteiger partial charge in [-0.1, -0.05) is 54.1 Å². The molecule has 0 spiro atoms. The third-order valence-electron chi connectivity index (χ3n) is 4.53. The molecule has 31 heavy (non-hydrogen) atoms. The van der Waals surface area contributed by atoms with Crippen molar-refractivity contribution < 1.29 is 22.7 Å². The molecule has 3 rings (SSSR count). The van der Waals surface area contributed by atoms with Crippen LogP contribution >= 0.6 is 0 Å². The van der Waals surface area contributed by atoms with E-state index in [1.54, 1.807) is 42.5 Å². The molecule has 1 amide bonds. The van der Waals surface area contributed by atoms with Gasteiger partial charge in [-0.2, -0.15) is 0 Å². The molecule has 160 valence electrons. The third kappa shape index (κ3) is 5.56. The van der Waals surface area contributed by atoms with Crippen molar-refractivity contribution in [3.63, 3.8) is 0 Å². The molecule has 3 aromatic carbocycles. The maximum Gasteiger partial charge on any atom is 0.339 e. The number of aryl methyl sites for hydroxylation is 1. The highest BCUT2D eigenvalue weighted by Gasteiger charge is 2.26. The minimum absolute atomic E-state index is 0.0143. The Labute approximate surface area is 181 Å². The van der Waals surface area contributed by atoms with E-state index < -0.39 is 28.0 Å². The Balaban J connectivity index is 1.87. The van der Waals surface area contributed by atoms with E-state index in [2.05, 4.69) is 10.0 Å². The monoisotopic (exact) mass is 438 g/mol. The minimum atomic E-state index is -3.73. The Morgan fingerprint density at radius 2 is 1.58 bits per heavy atom. The molecule has 0 aromatic heterocycles. The van der Waals surface area contributed by atoms with Crippen molar-refractivity contribution in [1.29, 1.82) is 0 Å².